The second-order valence-corrected chi connectivity index (χ2v) is 11.5. The van der Waals surface area contributed by atoms with Crippen LogP contribution in [0.5, 0.6) is 11.5 Å². The van der Waals surface area contributed by atoms with Crippen LogP contribution in [0.4, 0.5) is 22.0 Å². The molecule has 2 heterocycles. The predicted molar refractivity (Wildman–Crippen MR) is 172 cm³/mol. The summed E-state index contributed by atoms with van der Waals surface area (Å²) in [6.07, 6.45) is 3.44. The fraction of sp³-hybridized carbons (Fsp3) is 0.152. The van der Waals surface area contributed by atoms with Crippen molar-refractivity contribution in [2.45, 2.75) is 31.1 Å². The molecule has 0 fully saturated rings. The van der Waals surface area contributed by atoms with E-state index in [0.717, 1.165) is 16.3 Å². The van der Waals surface area contributed by atoms with Crippen LogP contribution in [0.2, 0.25) is 0 Å². The summed E-state index contributed by atoms with van der Waals surface area (Å²) in [6.45, 7) is 6.24. The quantitative estimate of drug-likeness (QED) is 0.158. The molecule has 3 amide bonds. The summed E-state index contributed by atoms with van der Waals surface area (Å²) in [5, 5.41) is 13.5. The van der Waals surface area contributed by atoms with Gasteiger partial charge in [-0.1, -0.05) is 57.2 Å². The Balaban J connectivity index is 1.29. The van der Waals surface area contributed by atoms with Crippen molar-refractivity contribution in [1.29, 1.82) is 0 Å². The molecule has 5 aromatic rings. The van der Waals surface area contributed by atoms with E-state index in [0.29, 0.717) is 28.7 Å². The van der Waals surface area contributed by atoms with E-state index < -0.39 is 6.03 Å². The fourth-order valence-electron chi connectivity index (χ4n) is 4.16. The van der Waals surface area contributed by atoms with Crippen LogP contribution in [-0.2, 0) is 5.41 Å². The van der Waals surface area contributed by atoms with Crippen molar-refractivity contribution in [3.8, 4) is 17.2 Å². The number of nitrogens with one attached hydrogen (secondary N) is 3. The Hall–Kier alpha value is -5.09. The van der Waals surface area contributed by atoms with Crippen LogP contribution in [0.15, 0.2) is 108 Å². The van der Waals surface area contributed by atoms with E-state index in [2.05, 4.69) is 41.7 Å². The maximum absolute atomic E-state index is 13.2. The summed E-state index contributed by atoms with van der Waals surface area (Å²) in [6, 6.07) is 29.0. The number of nitrogens with zero attached hydrogens (tertiary/aromatic N) is 3. The Kier molecular flexibility index (Phi) is 8.77. The SMILES string of the molecule is CSc1cc(Oc2ccnc(C(=O)Nc3ccccc3)c2)ccc1NC(=O)Nc1cc(C(C)(C)C)nn1-c1ccccc1. The molecule has 0 saturated carbocycles. The molecule has 218 valence electrons. The molecule has 2 aromatic heterocycles. The van der Waals surface area contributed by atoms with Gasteiger partial charge in [0, 0.05) is 34.3 Å². The van der Waals surface area contributed by atoms with Gasteiger partial charge in [0.05, 0.1) is 17.1 Å². The third-order valence-corrected chi connectivity index (χ3v) is 7.15. The summed E-state index contributed by atoms with van der Waals surface area (Å²) < 4.78 is 7.78. The number of carbonyl (C=O) groups excluding carboxylic acids is 2. The van der Waals surface area contributed by atoms with E-state index in [4.69, 9.17) is 9.84 Å². The molecule has 10 heteroatoms. The molecular weight excluding hydrogens is 560 g/mol. The van der Waals surface area contributed by atoms with Gasteiger partial charge < -0.3 is 15.4 Å². The minimum atomic E-state index is -0.398. The Morgan fingerprint density at radius 1 is 0.814 bits per heavy atom. The minimum absolute atomic E-state index is 0.198. The van der Waals surface area contributed by atoms with Crippen LogP contribution in [0, 0.1) is 0 Å². The van der Waals surface area contributed by atoms with Crippen LogP contribution >= 0.6 is 11.8 Å². The van der Waals surface area contributed by atoms with Gasteiger partial charge in [-0.05, 0) is 54.8 Å². The lowest BCUT2D eigenvalue weighted by Crippen LogP contribution is -2.21. The number of rotatable bonds is 8. The van der Waals surface area contributed by atoms with Crippen molar-refractivity contribution >= 4 is 40.9 Å². The first-order valence-corrected chi connectivity index (χ1v) is 14.8. The van der Waals surface area contributed by atoms with E-state index in [1.807, 2.05) is 66.9 Å². The molecule has 0 aliphatic carbocycles. The number of carbonyl (C=O) groups is 2. The first-order valence-electron chi connectivity index (χ1n) is 13.6. The fourth-order valence-corrected chi connectivity index (χ4v) is 4.74. The summed E-state index contributed by atoms with van der Waals surface area (Å²) >= 11 is 1.47. The second kappa shape index (κ2) is 12.8. The van der Waals surface area contributed by atoms with Gasteiger partial charge in [0.1, 0.15) is 23.0 Å². The second-order valence-electron chi connectivity index (χ2n) is 10.7. The number of para-hydroxylation sites is 2. The van der Waals surface area contributed by atoms with Crippen molar-refractivity contribution < 1.29 is 14.3 Å². The molecule has 3 N–H and O–H groups in total. The normalized spacial score (nSPS) is 11.1. The molecule has 0 saturated heterocycles. The van der Waals surface area contributed by atoms with Gasteiger partial charge in [0.15, 0.2) is 0 Å². The zero-order chi connectivity index (χ0) is 30.4. The average molecular weight is 593 g/mol. The van der Waals surface area contributed by atoms with E-state index in [9.17, 15) is 9.59 Å². The molecule has 0 unspecified atom stereocenters. The van der Waals surface area contributed by atoms with Crippen molar-refractivity contribution in [2.75, 3.05) is 22.2 Å². The summed E-state index contributed by atoms with van der Waals surface area (Å²) in [5.74, 6) is 1.23. The first-order chi connectivity index (χ1) is 20.7. The smallest absolute Gasteiger partial charge is 0.324 e. The molecule has 0 bridgehead atoms. The number of hydrogen-bond acceptors (Lipinski definition) is 6. The lowest BCUT2D eigenvalue weighted by molar-refractivity contribution is 0.102. The standard InChI is InChI=1S/C33H32N6O3S/c1-33(2,3)29-21-30(39(38-29)23-13-9-6-10-14-23)37-32(41)36-26-16-15-24(20-28(26)43-4)42-25-17-18-34-27(19-25)31(40)35-22-11-7-5-8-12-22/h5-21H,1-4H3,(H,35,40)(H2,36,37,41). The molecule has 43 heavy (non-hydrogen) atoms. The number of pyridine rings is 1. The molecule has 0 spiro atoms. The van der Waals surface area contributed by atoms with E-state index in [-0.39, 0.29) is 17.0 Å². The van der Waals surface area contributed by atoms with Gasteiger partial charge in [-0.15, -0.1) is 11.8 Å². The number of anilines is 3. The van der Waals surface area contributed by atoms with Gasteiger partial charge >= 0.3 is 6.03 Å². The molecule has 3 aromatic carbocycles. The first kappa shape index (κ1) is 29.4. The summed E-state index contributed by atoms with van der Waals surface area (Å²) in [7, 11) is 0. The van der Waals surface area contributed by atoms with Gasteiger partial charge in [-0.25, -0.2) is 9.48 Å². The Labute approximate surface area is 254 Å². The molecule has 0 aliphatic rings. The number of benzene rings is 3. The Bertz CT molecular complexity index is 1730. The third-order valence-electron chi connectivity index (χ3n) is 6.37. The number of thioether (sulfide) groups is 1. The van der Waals surface area contributed by atoms with Crippen molar-refractivity contribution in [3.63, 3.8) is 0 Å². The van der Waals surface area contributed by atoms with Crippen LogP contribution in [0.3, 0.4) is 0 Å². The molecule has 0 aliphatic heterocycles. The van der Waals surface area contributed by atoms with Gasteiger partial charge in [0.25, 0.3) is 5.91 Å². The number of ether oxygens (including phenoxy) is 1. The lowest BCUT2D eigenvalue weighted by Gasteiger charge is -2.14. The van der Waals surface area contributed by atoms with E-state index in [1.54, 1.807) is 41.1 Å². The Morgan fingerprint density at radius 3 is 2.21 bits per heavy atom. The van der Waals surface area contributed by atoms with Crippen molar-refractivity contribution in [2.24, 2.45) is 0 Å². The molecule has 0 radical (unpaired) electrons. The molecule has 0 atom stereocenters. The van der Waals surface area contributed by atoms with Crippen LogP contribution in [0.1, 0.15) is 37.0 Å². The number of amides is 3. The predicted octanol–water partition coefficient (Wildman–Crippen LogP) is 7.98. The highest BCUT2D eigenvalue weighted by molar-refractivity contribution is 7.98. The minimum Gasteiger partial charge on any atom is -0.457 e. The highest BCUT2D eigenvalue weighted by atomic mass is 32.2. The van der Waals surface area contributed by atoms with Crippen LogP contribution in [-0.4, -0.2) is 33.0 Å². The molecule has 9 nitrogen and oxygen atoms in total. The van der Waals surface area contributed by atoms with E-state index in [1.165, 1.54) is 18.0 Å². The Morgan fingerprint density at radius 2 is 1.51 bits per heavy atom. The topological polar surface area (TPSA) is 110 Å². The summed E-state index contributed by atoms with van der Waals surface area (Å²) in [5.41, 5.74) is 3.03. The largest absolute Gasteiger partial charge is 0.457 e. The zero-order valence-corrected chi connectivity index (χ0v) is 25.1. The van der Waals surface area contributed by atoms with Gasteiger partial charge in [-0.3, -0.25) is 15.1 Å². The monoisotopic (exact) mass is 592 g/mol. The maximum atomic E-state index is 13.2. The van der Waals surface area contributed by atoms with E-state index >= 15 is 0 Å². The van der Waals surface area contributed by atoms with Crippen molar-refractivity contribution in [3.05, 3.63) is 115 Å². The van der Waals surface area contributed by atoms with Crippen LogP contribution in [0.25, 0.3) is 5.69 Å². The number of aromatic nitrogens is 3. The average Bonchev–Trinajstić information content (AvgIpc) is 3.43. The summed E-state index contributed by atoms with van der Waals surface area (Å²) in [4.78, 5) is 30.8. The highest BCUT2D eigenvalue weighted by Crippen LogP contribution is 2.33. The number of hydrogen-bond donors (Lipinski definition) is 3. The lowest BCUT2D eigenvalue weighted by atomic mass is 9.92. The molecular formula is C33H32N6O3S. The highest BCUT2D eigenvalue weighted by Gasteiger charge is 2.22. The molecule has 5 rings (SSSR count). The van der Waals surface area contributed by atoms with Crippen LogP contribution < -0.4 is 20.7 Å². The van der Waals surface area contributed by atoms with Gasteiger partial charge in [0.2, 0.25) is 0 Å². The maximum Gasteiger partial charge on any atom is 0.324 e. The number of urea groups is 1. The van der Waals surface area contributed by atoms with Gasteiger partial charge in [-0.2, -0.15) is 5.10 Å². The third kappa shape index (κ3) is 7.41. The zero-order valence-electron chi connectivity index (χ0n) is 24.3. The van der Waals surface area contributed by atoms with Crippen molar-refractivity contribution in [1.82, 2.24) is 14.8 Å².